The van der Waals surface area contributed by atoms with Crippen LogP contribution in [0.1, 0.15) is 27.2 Å². The van der Waals surface area contributed by atoms with Crippen LogP contribution in [0.25, 0.3) is 0 Å². The van der Waals surface area contributed by atoms with E-state index in [2.05, 4.69) is 0 Å². The Kier molecular flexibility index (Phi) is 3.69. The van der Waals surface area contributed by atoms with Crippen LogP contribution in [0, 0.1) is 5.41 Å². The van der Waals surface area contributed by atoms with Gasteiger partial charge in [0.2, 0.25) is 0 Å². The monoisotopic (exact) mass is 159 g/mol. The minimum Gasteiger partial charge on any atom is -0.385 e. The maximum Gasteiger partial charge on any atom is 0.166 e. The second-order valence-corrected chi connectivity index (χ2v) is 3.71. The molecule has 0 aliphatic rings. The van der Waals surface area contributed by atoms with E-state index in [-0.39, 0.29) is 5.78 Å². The van der Waals surface area contributed by atoms with Crippen LogP contribution in [-0.4, -0.2) is 23.5 Å². The lowest BCUT2D eigenvalue weighted by atomic mass is 9.87. The topological polar surface area (TPSA) is 63.3 Å². The molecule has 0 aliphatic heterocycles. The molecule has 0 heterocycles. The number of carbonyl (C=O) groups is 1. The minimum atomic E-state index is -0.889. The van der Waals surface area contributed by atoms with E-state index in [0.717, 1.165) is 0 Å². The van der Waals surface area contributed by atoms with Crippen molar-refractivity contribution < 1.29 is 9.90 Å². The highest BCUT2D eigenvalue weighted by atomic mass is 16.3. The van der Waals surface area contributed by atoms with Crippen molar-refractivity contribution in [2.45, 2.75) is 33.3 Å². The van der Waals surface area contributed by atoms with E-state index in [1.165, 1.54) is 0 Å². The summed E-state index contributed by atoms with van der Waals surface area (Å²) in [6, 6.07) is 0. The second kappa shape index (κ2) is 3.83. The van der Waals surface area contributed by atoms with E-state index >= 15 is 0 Å². The van der Waals surface area contributed by atoms with Crippen molar-refractivity contribution >= 4 is 5.78 Å². The Balaban J connectivity index is 4.03. The third-order valence-electron chi connectivity index (χ3n) is 1.48. The van der Waals surface area contributed by atoms with Gasteiger partial charge in [-0.15, -0.1) is 0 Å². The lowest BCUT2D eigenvalue weighted by Gasteiger charge is -2.20. The minimum absolute atomic E-state index is 0.136. The van der Waals surface area contributed by atoms with Crippen LogP contribution in [0.2, 0.25) is 0 Å². The van der Waals surface area contributed by atoms with Crippen LogP contribution in [0.5, 0.6) is 0 Å². The highest BCUT2D eigenvalue weighted by Crippen LogP contribution is 2.17. The van der Waals surface area contributed by atoms with E-state index in [1.807, 2.05) is 0 Å². The summed E-state index contributed by atoms with van der Waals surface area (Å²) in [5.41, 5.74) is 4.73. The van der Waals surface area contributed by atoms with Crippen LogP contribution >= 0.6 is 0 Å². The smallest absolute Gasteiger partial charge is 0.166 e. The van der Waals surface area contributed by atoms with Crippen LogP contribution < -0.4 is 5.73 Å². The van der Waals surface area contributed by atoms with Gasteiger partial charge in [0.1, 0.15) is 6.10 Å². The molecule has 0 fully saturated rings. The van der Waals surface area contributed by atoms with Crippen molar-refractivity contribution in [3.63, 3.8) is 0 Å². The van der Waals surface area contributed by atoms with Crippen molar-refractivity contribution in [3.8, 4) is 0 Å². The molecule has 0 unspecified atom stereocenters. The predicted octanol–water partition coefficient (Wildman–Crippen LogP) is 0.311. The molecule has 0 amide bonds. The normalized spacial score (nSPS) is 14.6. The molecule has 11 heavy (non-hydrogen) atoms. The summed E-state index contributed by atoms with van der Waals surface area (Å²) >= 11 is 0. The van der Waals surface area contributed by atoms with E-state index in [4.69, 9.17) is 5.73 Å². The molecule has 0 aromatic carbocycles. The van der Waals surface area contributed by atoms with Crippen molar-refractivity contribution in [2.75, 3.05) is 6.54 Å². The van der Waals surface area contributed by atoms with Crippen LogP contribution in [0.15, 0.2) is 0 Å². The number of nitrogens with two attached hydrogens (primary N) is 1. The molecule has 0 saturated heterocycles. The van der Waals surface area contributed by atoms with E-state index in [1.54, 1.807) is 20.8 Å². The quantitative estimate of drug-likeness (QED) is 0.623. The lowest BCUT2D eigenvalue weighted by Crippen LogP contribution is -2.33. The van der Waals surface area contributed by atoms with Gasteiger partial charge in [-0.2, -0.15) is 0 Å². The zero-order chi connectivity index (χ0) is 9.07. The van der Waals surface area contributed by atoms with Gasteiger partial charge in [-0.25, -0.2) is 0 Å². The molecule has 3 heteroatoms. The number of Topliss-reactive ketones (excluding diaryl/α,β-unsaturated/α-hetero) is 1. The molecule has 0 radical (unpaired) electrons. The third-order valence-corrected chi connectivity index (χ3v) is 1.48. The average Bonchev–Trinajstić information content (AvgIpc) is 1.85. The Bertz CT molecular complexity index is 138. The first-order chi connectivity index (χ1) is 4.89. The molecular weight excluding hydrogens is 142 g/mol. The summed E-state index contributed by atoms with van der Waals surface area (Å²) in [7, 11) is 0. The summed E-state index contributed by atoms with van der Waals surface area (Å²) in [4.78, 5) is 11.2. The molecule has 0 aromatic rings. The molecular formula is C8H17NO2. The number of aliphatic hydroxyl groups is 1. The summed E-state index contributed by atoms with van der Waals surface area (Å²) in [6.45, 7) is 5.71. The number of aliphatic hydroxyl groups excluding tert-OH is 1. The Morgan fingerprint density at radius 3 is 2.27 bits per heavy atom. The van der Waals surface area contributed by atoms with Crippen molar-refractivity contribution in [1.82, 2.24) is 0 Å². The molecule has 0 aromatic heterocycles. The first kappa shape index (κ1) is 10.6. The van der Waals surface area contributed by atoms with Crippen molar-refractivity contribution in [2.24, 2.45) is 11.1 Å². The fraction of sp³-hybridized carbons (Fsp3) is 0.875. The highest BCUT2D eigenvalue weighted by Gasteiger charge is 2.27. The standard InChI is InChI=1S/C8H17NO2/c1-8(2,3)7(11)6(10)4-5-9/h6,10H,4-5,9H2,1-3H3/t6-/m0/s1. The largest absolute Gasteiger partial charge is 0.385 e. The van der Waals surface area contributed by atoms with Gasteiger partial charge in [0.15, 0.2) is 5.78 Å². The molecule has 66 valence electrons. The second-order valence-electron chi connectivity index (χ2n) is 3.71. The average molecular weight is 159 g/mol. The third kappa shape index (κ3) is 3.49. The van der Waals surface area contributed by atoms with Crippen LogP contribution in [0.3, 0.4) is 0 Å². The van der Waals surface area contributed by atoms with E-state index in [9.17, 15) is 9.90 Å². The predicted molar refractivity (Wildman–Crippen MR) is 44.1 cm³/mol. The summed E-state index contributed by atoms with van der Waals surface area (Å²) < 4.78 is 0. The maximum absolute atomic E-state index is 11.2. The Morgan fingerprint density at radius 1 is 1.55 bits per heavy atom. The molecule has 0 aliphatic carbocycles. The lowest BCUT2D eigenvalue weighted by molar-refractivity contribution is -0.135. The Labute approximate surface area is 67.6 Å². The fourth-order valence-electron chi connectivity index (χ4n) is 0.789. The number of ketones is 1. The molecule has 3 nitrogen and oxygen atoms in total. The Hall–Kier alpha value is -0.410. The van der Waals surface area contributed by atoms with Crippen molar-refractivity contribution in [1.29, 1.82) is 0 Å². The highest BCUT2D eigenvalue weighted by molar-refractivity contribution is 5.87. The summed E-state index contributed by atoms with van der Waals surface area (Å²) in [5, 5.41) is 9.22. The molecule has 0 saturated carbocycles. The Morgan fingerprint density at radius 2 is 2.00 bits per heavy atom. The summed E-state index contributed by atoms with van der Waals surface area (Å²) in [6.07, 6.45) is -0.532. The number of carbonyl (C=O) groups excluding carboxylic acids is 1. The molecule has 0 spiro atoms. The SMILES string of the molecule is CC(C)(C)C(=O)[C@@H](O)CCN. The fourth-order valence-corrected chi connectivity index (χ4v) is 0.789. The van der Waals surface area contributed by atoms with Gasteiger partial charge >= 0.3 is 0 Å². The van der Waals surface area contributed by atoms with Gasteiger partial charge in [-0.3, -0.25) is 4.79 Å². The van der Waals surface area contributed by atoms with Gasteiger partial charge in [-0.1, -0.05) is 20.8 Å². The van der Waals surface area contributed by atoms with Crippen LogP contribution in [0.4, 0.5) is 0 Å². The van der Waals surface area contributed by atoms with Gasteiger partial charge in [0, 0.05) is 5.41 Å². The van der Waals surface area contributed by atoms with Gasteiger partial charge in [0.25, 0.3) is 0 Å². The van der Waals surface area contributed by atoms with Gasteiger partial charge in [0.05, 0.1) is 0 Å². The number of rotatable bonds is 3. The van der Waals surface area contributed by atoms with Crippen molar-refractivity contribution in [3.05, 3.63) is 0 Å². The van der Waals surface area contributed by atoms with Gasteiger partial charge < -0.3 is 10.8 Å². The number of hydrogen-bond acceptors (Lipinski definition) is 3. The molecule has 0 rings (SSSR count). The first-order valence-corrected chi connectivity index (χ1v) is 3.82. The first-order valence-electron chi connectivity index (χ1n) is 3.82. The molecule has 0 bridgehead atoms. The summed E-state index contributed by atoms with van der Waals surface area (Å²) in [5.74, 6) is -0.136. The van der Waals surface area contributed by atoms with E-state index in [0.29, 0.717) is 13.0 Å². The maximum atomic E-state index is 11.2. The number of hydrogen-bond donors (Lipinski definition) is 2. The van der Waals surface area contributed by atoms with Gasteiger partial charge in [-0.05, 0) is 13.0 Å². The molecule has 3 N–H and O–H groups in total. The van der Waals surface area contributed by atoms with Crippen LogP contribution in [-0.2, 0) is 4.79 Å². The zero-order valence-corrected chi connectivity index (χ0v) is 7.42. The van der Waals surface area contributed by atoms with E-state index < -0.39 is 11.5 Å². The molecule has 1 atom stereocenters. The zero-order valence-electron chi connectivity index (χ0n) is 7.42.